The highest BCUT2D eigenvalue weighted by Crippen LogP contribution is 2.30. The Morgan fingerprint density at radius 2 is 2.25 bits per heavy atom. The van der Waals surface area contributed by atoms with Crippen molar-refractivity contribution in [2.75, 3.05) is 26.2 Å². The third-order valence-corrected chi connectivity index (χ3v) is 4.37. The van der Waals surface area contributed by atoms with Gasteiger partial charge in [-0.2, -0.15) is 0 Å². The van der Waals surface area contributed by atoms with Gasteiger partial charge < -0.3 is 10.6 Å². The van der Waals surface area contributed by atoms with Crippen LogP contribution in [0.4, 0.5) is 0 Å². The van der Waals surface area contributed by atoms with Crippen molar-refractivity contribution >= 4 is 11.3 Å². The Hall–Kier alpha value is -0.450. The van der Waals surface area contributed by atoms with Crippen LogP contribution in [0.15, 0.2) is 5.38 Å². The zero-order valence-corrected chi connectivity index (χ0v) is 10.8. The molecule has 0 aromatic carbocycles. The lowest BCUT2D eigenvalue weighted by Crippen LogP contribution is -2.36. The van der Waals surface area contributed by atoms with Crippen LogP contribution in [0, 0.1) is 0 Å². The van der Waals surface area contributed by atoms with Crippen LogP contribution >= 0.6 is 11.3 Å². The maximum atomic E-state index is 5.57. The minimum Gasteiger partial charge on any atom is -0.329 e. The zero-order chi connectivity index (χ0) is 11.4. The summed E-state index contributed by atoms with van der Waals surface area (Å²) in [5.41, 5.74) is 6.83. The van der Waals surface area contributed by atoms with E-state index in [1.807, 2.05) is 11.3 Å². The Morgan fingerprint density at radius 3 is 2.81 bits per heavy atom. The number of hydrogen-bond acceptors (Lipinski definition) is 4. The van der Waals surface area contributed by atoms with Gasteiger partial charge >= 0.3 is 0 Å². The van der Waals surface area contributed by atoms with Crippen LogP contribution in [0.5, 0.6) is 0 Å². The molecule has 4 heteroatoms. The monoisotopic (exact) mass is 239 g/mol. The molecule has 0 amide bonds. The van der Waals surface area contributed by atoms with Gasteiger partial charge in [0.05, 0.1) is 10.7 Å². The van der Waals surface area contributed by atoms with Crippen LogP contribution < -0.4 is 5.73 Å². The molecule has 0 spiro atoms. The van der Waals surface area contributed by atoms with Crippen LogP contribution in [0.3, 0.4) is 0 Å². The maximum absolute atomic E-state index is 5.57. The topological polar surface area (TPSA) is 42.1 Å². The predicted molar refractivity (Wildman–Crippen MR) is 69.0 cm³/mol. The summed E-state index contributed by atoms with van der Waals surface area (Å²) in [5.74, 6) is 0.694. The lowest BCUT2D eigenvalue weighted by Gasteiger charge is -2.30. The number of nitrogens with zero attached hydrogens (tertiary/aromatic N) is 2. The normalized spacial score (nSPS) is 19.1. The van der Waals surface area contributed by atoms with Crippen LogP contribution in [0.1, 0.15) is 36.4 Å². The van der Waals surface area contributed by atoms with E-state index in [2.05, 4.69) is 17.2 Å². The van der Waals surface area contributed by atoms with Gasteiger partial charge in [-0.3, -0.25) is 0 Å². The van der Waals surface area contributed by atoms with Gasteiger partial charge in [-0.15, -0.1) is 11.3 Å². The summed E-state index contributed by atoms with van der Waals surface area (Å²) in [6, 6.07) is 0. The first-order valence-corrected chi connectivity index (χ1v) is 7.08. The van der Waals surface area contributed by atoms with Crippen LogP contribution in [0.2, 0.25) is 0 Å². The van der Waals surface area contributed by atoms with Gasteiger partial charge in [0, 0.05) is 24.4 Å². The van der Waals surface area contributed by atoms with E-state index < -0.39 is 0 Å². The Morgan fingerprint density at radius 1 is 1.50 bits per heavy atom. The number of piperidine rings is 1. The molecule has 1 aliphatic rings. The molecule has 3 nitrogen and oxygen atoms in total. The second-order valence-electron chi connectivity index (χ2n) is 4.44. The Balaban J connectivity index is 1.88. The molecule has 16 heavy (non-hydrogen) atoms. The van der Waals surface area contributed by atoms with Crippen LogP contribution in [-0.2, 0) is 6.42 Å². The lowest BCUT2D eigenvalue weighted by atomic mass is 9.97. The van der Waals surface area contributed by atoms with Crippen molar-refractivity contribution in [3.05, 3.63) is 16.1 Å². The molecule has 2 N–H and O–H groups in total. The molecule has 1 aromatic heterocycles. The summed E-state index contributed by atoms with van der Waals surface area (Å²) in [5, 5.41) is 3.56. The van der Waals surface area contributed by atoms with Gasteiger partial charge in [-0.05, 0) is 32.4 Å². The summed E-state index contributed by atoms with van der Waals surface area (Å²) in [6.07, 6.45) is 3.55. The Kier molecular flexibility index (Phi) is 4.32. The summed E-state index contributed by atoms with van der Waals surface area (Å²) < 4.78 is 0. The second kappa shape index (κ2) is 5.75. The van der Waals surface area contributed by atoms with E-state index in [1.165, 1.54) is 36.6 Å². The van der Waals surface area contributed by atoms with Crippen molar-refractivity contribution in [1.82, 2.24) is 9.88 Å². The average Bonchev–Trinajstić information content (AvgIpc) is 2.79. The average molecular weight is 239 g/mol. The predicted octanol–water partition coefficient (Wildman–Crippen LogP) is 1.84. The Labute approximate surface area is 102 Å². The van der Waals surface area contributed by atoms with Crippen molar-refractivity contribution in [1.29, 1.82) is 0 Å². The standard InChI is InChI=1S/C12H21N3S/c1-2-11-9-16-12(14-11)10-3-6-15(7-4-10)8-5-13/h9-10H,2-8,13H2,1H3. The molecule has 0 unspecified atom stereocenters. The third-order valence-electron chi connectivity index (χ3n) is 3.31. The number of likely N-dealkylation sites (tertiary alicyclic amines) is 1. The van der Waals surface area contributed by atoms with Crippen LogP contribution in [0.25, 0.3) is 0 Å². The fraction of sp³-hybridized carbons (Fsp3) is 0.750. The highest BCUT2D eigenvalue weighted by atomic mass is 32.1. The van der Waals surface area contributed by atoms with E-state index in [-0.39, 0.29) is 0 Å². The van der Waals surface area contributed by atoms with E-state index >= 15 is 0 Å². The van der Waals surface area contributed by atoms with Gasteiger partial charge in [-0.25, -0.2) is 4.98 Å². The molecular formula is C12H21N3S. The fourth-order valence-electron chi connectivity index (χ4n) is 2.26. The lowest BCUT2D eigenvalue weighted by molar-refractivity contribution is 0.217. The van der Waals surface area contributed by atoms with E-state index in [4.69, 9.17) is 10.7 Å². The van der Waals surface area contributed by atoms with Crippen molar-refractivity contribution in [2.24, 2.45) is 5.73 Å². The molecule has 0 bridgehead atoms. The summed E-state index contributed by atoms with van der Waals surface area (Å²) in [4.78, 5) is 7.16. The highest BCUT2D eigenvalue weighted by Gasteiger charge is 2.22. The highest BCUT2D eigenvalue weighted by molar-refractivity contribution is 7.09. The SMILES string of the molecule is CCc1csc(C2CCN(CCN)CC2)n1. The Bertz CT molecular complexity index is 316. The first kappa shape index (κ1) is 12.0. The summed E-state index contributed by atoms with van der Waals surface area (Å²) in [7, 11) is 0. The maximum Gasteiger partial charge on any atom is 0.0960 e. The zero-order valence-electron chi connectivity index (χ0n) is 9.98. The molecule has 1 saturated heterocycles. The molecule has 0 saturated carbocycles. The number of rotatable bonds is 4. The van der Waals surface area contributed by atoms with Gasteiger partial charge in [-0.1, -0.05) is 6.92 Å². The quantitative estimate of drug-likeness (QED) is 0.872. The van der Waals surface area contributed by atoms with E-state index in [1.54, 1.807) is 0 Å². The van der Waals surface area contributed by atoms with Crippen molar-refractivity contribution < 1.29 is 0 Å². The van der Waals surface area contributed by atoms with Gasteiger partial charge in [0.25, 0.3) is 0 Å². The first-order valence-electron chi connectivity index (χ1n) is 6.20. The largest absolute Gasteiger partial charge is 0.329 e. The molecule has 0 radical (unpaired) electrons. The number of aromatic nitrogens is 1. The smallest absolute Gasteiger partial charge is 0.0960 e. The number of hydrogen-bond donors (Lipinski definition) is 1. The number of nitrogens with two attached hydrogens (primary N) is 1. The van der Waals surface area contributed by atoms with E-state index in [9.17, 15) is 0 Å². The van der Waals surface area contributed by atoms with Gasteiger partial charge in [0.1, 0.15) is 0 Å². The molecule has 1 aromatic rings. The molecule has 2 heterocycles. The minimum absolute atomic E-state index is 0.694. The minimum atomic E-state index is 0.694. The molecular weight excluding hydrogens is 218 g/mol. The summed E-state index contributed by atoms with van der Waals surface area (Å²) >= 11 is 1.84. The van der Waals surface area contributed by atoms with Gasteiger partial charge in [0.15, 0.2) is 0 Å². The molecule has 1 aliphatic heterocycles. The molecule has 1 fully saturated rings. The molecule has 2 rings (SSSR count). The van der Waals surface area contributed by atoms with Crippen LogP contribution in [-0.4, -0.2) is 36.1 Å². The van der Waals surface area contributed by atoms with Crippen molar-refractivity contribution in [2.45, 2.75) is 32.1 Å². The summed E-state index contributed by atoms with van der Waals surface area (Å²) in [6.45, 7) is 6.36. The third kappa shape index (κ3) is 2.81. The molecule has 0 aliphatic carbocycles. The van der Waals surface area contributed by atoms with E-state index in [0.717, 1.165) is 19.5 Å². The second-order valence-corrected chi connectivity index (χ2v) is 5.32. The van der Waals surface area contributed by atoms with E-state index in [0.29, 0.717) is 5.92 Å². The van der Waals surface area contributed by atoms with Crippen molar-refractivity contribution in [3.8, 4) is 0 Å². The number of thiazole rings is 1. The van der Waals surface area contributed by atoms with Gasteiger partial charge in [0.2, 0.25) is 0 Å². The molecule has 90 valence electrons. The molecule has 0 atom stereocenters. The number of aryl methyl sites for hydroxylation is 1. The first-order chi connectivity index (χ1) is 7.83. The fourth-order valence-corrected chi connectivity index (χ4v) is 3.33. The van der Waals surface area contributed by atoms with Crippen molar-refractivity contribution in [3.63, 3.8) is 0 Å².